The Kier molecular flexibility index (Phi) is 5.63. The van der Waals surface area contributed by atoms with Crippen molar-refractivity contribution >= 4 is 40.1 Å². The van der Waals surface area contributed by atoms with Crippen molar-refractivity contribution in [1.82, 2.24) is 15.1 Å². The summed E-state index contributed by atoms with van der Waals surface area (Å²) in [5, 5.41) is 10.2. The van der Waals surface area contributed by atoms with E-state index in [0.717, 1.165) is 5.01 Å². The first kappa shape index (κ1) is 20.5. The van der Waals surface area contributed by atoms with E-state index in [1.165, 1.54) is 16.2 Å². The minimum Gasteiger partial charge on any atom is -0.437 e. The molecule has 2 amide bonds. The molecule has 1 unspecified atom stereocenters. The Morgan fingerprint density at radius 3 is 2.64 bits per heavy atom. The SMILES string of the molecule is Cc1cc(Cl)ccc1C(=O)OC1CCN(C)C(=O)N1c1nnc(C(C)(C)C)s1. The van der Waals surface area contributed by atoms with E-state index in [1.807, 2.05) is 20.8 Å². The number of aryl methyl sites for hydroxylation is 1. The number of hydrogen-bond donors (Lipinski definition) is 0. The fourth-order valence-electron chi connectivity index (χ4n) is 2.81. The van der Waals surface area contributed by atoms with Gasteiger partial charge in [0.05, 0.1) is 5.56 Å². The number of benzene rings is 1. The van der Waals surface area contributed by atoms with Gasteiger partial charge < -0.3 is 9.64 Å². The van der Waals surface area contributed by atoms with Crippen LogP contribution in [0.2, 0.25) is 5.02 Å². The van der Waals surface area contributed by atoms with Gasteiger partial charge in [-0.25, -0.2) is 14.5 Å². The molecule has 0 spiro atoms. The van der Waals surface area contributed by atoms with Gasteiger partial charge in [0, 0.05) is 30.5 Å². The monoisotopic (exact) mass is 422 g/mol. The first-order valence-electron chi connectivity index (χ1n) is 8.93. The van der Waals surface area contributed by atoms with Gasteiger partial charge in [0.25, 0.3) is 0 Å². The predicted octanol–water partition coefficient (Wildman–Crippen LogP) is 4.24. The zero-order valence-electron chi connectivity index (χ0n) is 16.5. The number of rotatable bonds is 3. The van der Waals surface area contributed by atoms with Gasteiger partial charge in [-0.05, 0) is 30.7 Å². The molecule has 0 N–H and O–H groups in total. The van der Waals surface area contributed by atoms with Crippen LogP contribution in [0.15, 0.2) is 18.2 Å². The second-order valence-electron chi connectivity index (χ2n) is 7.82. The first-order chi connectivity index (χ1) is 13.1. The Labute approximate surface area is 173 Å². The van der Waals surface area contributed by atoms with E-state index in [0.29, 0.717) is 34.2 Å². The number of carbonyl (C=O) groups is 2. The molecule has 1 saturated heterocycles. The van der Waals surface area contributed by atoms with Gasteiger partial charge in [-0.3, -0.25) is 0 Å². The van der Waals surface area contributed by atoms with E-state index < -0.39 is 12.2 Å². The summed E-state index contributed by atoms with van der Waals surface area (Å²) in [4.78, 5) is 28.5. The third kappa shape index (κ3) is 4.12. The Morgan fingerprint density at radius 1 is 1.32 bits per heavy atom. The molecule has 7 nitrogen and oxygen atoms in total. The van der Waals surface area contributed by atoms with Gasteiger partial charge in [-0.2, -0.15) is 0 Å². The lowest BCUT2D eigenvalue weighted by molar-refractivity contribution is 0.0228. The van der Waals surface area contributed by atoms with Crippen LogP contribution in [0.4, 0.5) is 9.93 Å². The fourth-order valence-corrected chi connectivity index (χ4v) is 3.97. The molecule has 0 radical (unpaired) electrons. The van der Waals surface area contributed by atoms with Crippen LogP contribution in [0, 0.1) is 6.92 Å². The molecule has 1 aromatic carbocycles. The number of urea groups is 1. The Bertz CT molecular complexity index is 909. The number of nitrogens with zero attached hydrogens (tertiary/aromatic N) is 4. The summed E-state index contributed by atoms with van der Waals surface area (Å²) in [6.45, 7) is 8.37. The molecule has 28 heavy (non-hydrogen) atoms. The minimum atomic E-state index is -0.743. The van der Waals surface area contributed by atoms with E-state index in [2.05, 4.69) is 10.2 Å². The van der Waals surface area contributed by atoms with Crippen LogP contribution in [0.3, 0.4) is 0 Å². The maximum absolute atomic E-state index is 12.8. The summed E-state index contributed by atoms with van der Waals surface area (Å²) in [5.41, 5.74) is 0.949. The van der Waals surface area contributed by atoms with Crippen LogP contribution in [-0.4, -0.2) is 46.9 Å². The number of halogens is 1. The third-order valence-corrected chi connectivity index (χ3v) is 6.03. The number of ether oxygens (including phenoxy) is 1. The number of aromatic nitrogens is 2. The largest absolute Gasteiger partial charge is 0.437 e. The molecule has 1 aliphatic rings. The van der Waals surface area contributed by atoms with Crippen molar-refractivity contribution in [1.29, 1.82) is 0 Å². The van der Waals surface area contributed by atoms with Gasteiger partial charge in [0.15, 0.2) is 6.23 Å². The van der Waals surface area contributed by atoms with E-state index in [-0.39, 0.29) is 11.4 Å². The normalized spacial score (nSPS) is 17.8. The Morgan fingerprint density at radius 2 is 2.04 bits per heavy atom. The number of carbonyl (C=O) groups excluding carboxylic acids is 2. The summed E-state index contributed by atoms with van der Waals surface area (Å²) < 4.78 is 5.71. The number of anilines is 1. The summed E-state index contributed by atoms with van der Waals surface area (Å²) in [5.74, 6) is -0.498. The van der Waals surface area contributed by atoms with Crippen LogP contribution >= 0.6 is 22.9 Å². The van der Waals surface area contributed by atoms with Crippen LogP contribution in [-0.2, 0) is 10.2 Å². The molecule has 1 atom stereocenters. The van der Waals surface area contributed by atoms with Crippen LogP contribution in [0.5, 0.6) is 0 Å². The summed E-state index contributed by atoms with van der Waals surface area (Å²) in [6.07, 6.45) is -0.266. The summed E-state index contributed by atoms with van der Waals surface area (Å²) in [6, 6.07) is 4.71. The van der Waals surface area contributed by atoms with Gasteiger partial charge in [-0.15, -0.1) is 10.2 Å². The topological polar surface area (TPSA) is 75.6 Å². The van der Waals surface area contributed by atoms with Crippen molar-refractivity contribution in [3.8, 4) is 0 Å². The number of amides is 2. The molecule has 1 fully saturated rings. The number of esters is 1. The molecule has 0 saturated carbocycles. The van der Waals surface area contributed by atoms with Gasteiger partial charge in [-0.1, -0.05) is 43.7 Å². The molecule has 1 aromatic heterocycles. The Hall–Kier alpha value is -2.19. The van der Waals surface area contributed by atoms with Crippen molar-refractivity contribution in [3.05, 3.63) is 39.4 Å². The summed E-state index contributed by atoms with van der Waals surface area (Å²) >= 11 is 7.30. The molecule has 150 valence electrons. The van der Waals surface area contributed by atoms with Gasteiger partial charge in [0.2, 0.25) is 5.13 Å². The Balaban J connectivity index is 1.88. The zero-order valence-corrected chi connectivity index (χ0v) is 18.1. The first-order valence-corrected chi connectivity index (χ1v) is 10.1. The molecule has 2 heterocycles. The highest BCUT2D eigenvalue weighted by Gasteiger charge is 2.38. The maximum Gasteiger partial charge on any atom is 0.340 e. The van der Waals surface area contributed by atoms with Gasteiger partial charge in [0.1, 0.15) is 5.01 Å². The molecular formula is C19H23ClN4O3S. The van der Waals surface area contributed by atoms with Crippen molar-refractivity contribution < 1.29 is 14.3 Å². The predicted molar refractivity (Wildman–Crippen MR) is 109 cm³/mol. The van der Waals surface area contributed by atoms with Crippen molar-refractivity contribution in [2.24, 2.45) is 0 Å². The van der Waals surface area contributed by atoms with Crippen LogP contribution < -0.4 is 4.90 Å². The molecule has 1 aliphatic heterocycles. The van der Waals surface area contributed by atoms with E-state index in [1.54, 1.807) is 37.1 Å². The summed E-state index contributed by atoms with van der Waals surface area (Å²) in [7, 11) is 1.71. The van der Waals surface area contributed by atoms with Gasteiger partial charge >= 0.3 is 12.0 Å². The zero-order chi connectivity index (χ0) is 20.6. The lowest BCUT2D eigenvalue weighted by Crippen LogP contribution is -2.54. The standard InChI is InChI=1S/C19H23ClN4O3S/c1-11-10-12(20)6-7-13(11)15(25)27-14-8-9-23(5)18(26)24(14)17-22-21-16(28-17)19(2,3)4/h6-7,10,14H,8-9H2,1-5H3. The van der Waals surface area contributed by atoms with Crippen LogP contribution in [0.25, 0.3) is 0 Å². The maximum atomic E-state index is 12.8. The molecule has 2 aromatic rings. The lowest BCUT2D eigenvalue weighted by atomic mass is 9.98. The molecule has 9 heteroatoms. The molecule has 3 rings (SSSR count). The molecular weight excluding hydrogens is 400 g/mol. The van der Waals surface area contributed by atoms with Crippen molar-refractivity contribution in [2.45, 2.75) is 45.8 Å². The second kappa shape index (κ2) is 7.67. The van der Waals surface area contributed by atoms with Crippen LogP contribution in [0.1, 0.15) is 48.1 Å². The van der Waals surface area contributed by atoms with E-state index >= 15 is 0 Å². The lowest BCUT2D eigenvalue weighted by Gasteiger charge is -2.37. The fraction of sp³-hybridized carbons (Fsp3) is 0.474. The van der Waals surface area contributed by atoms with Crippen molar-refractivity contribution in [3.63, 3.8) is 0 Å². The second-order valence-corrected chi connectivity index (χ2v) is 9.21. The minimum absolute atomic E-state index is 0.187. The highest BCUT2D eigenvalue weighted by Crippen LogP contribution is 2.33. The average Bonchev–Trinajstić information content (AvgIpc) is 3.08. The van der Waals surface area contributed by atoms with E-state index in [9.17, 15) is 9.59 Å². The highest BCUT2D eigenvalue weighted by atomic mass is 35.5. The van der Waals surface area contributed by atoms with E-state index in [4.69, 9.17) is 16.3 Å². The molecule has 0 bridgehead atoms. The smallest absolute Gasteiger partial charge is 0.340 e. The number of hydrogen-bond acceptors (Lipinski definition) is 6. The van der Waals surface area contributed by atoms with Crippen molar-refractivity contribution in [2.75, 3.05) is 18.5 Å². The average molecular weight is 423 g/mol. The third-order valence-electron chi connectivity index (χ3n) is 4.45. The highest BCUT2D eigenvalue weighted by molar-refractivity contribution is 7.15. The quantitative estimate of drug-likeness (QED) is 0.691. The molecule has 0 aliphatic carbocycles.